The monoisotopic (exact) mass is 567 g/mol. The van der Waals surface area contributed by atoms with Crippen LogP contribution in [0.15, 0.2) is 36.4 Å². The Morgan fingerprint density at radius 2 is 1.54 bits per heavy atom. The van der Waals surface area contributed by atoms with E-state index >= 15 is 0 Å². The Hall–Kier alpha value is -3.29. The van der Waals surface area contributed by atoms with Gasteiger partial charge in [-0.2, -0.15) is 39.5 Å². The molecule has 0 aromatic heterocycles. The van der Waals surface area contributed by atoms with Gasteiger partial charge in [-0.3, -0.25) is 9.59 Å². The Kier molecular flexibility index (Phi) is 7.63. The lowest BCUT2D eigenvalue weighted by atomic mass is 9.80. The van der Waals surface area contributed by atoms with Crippen LogP contribution >= 0.6 is 0 Å². The van der Waals surface area contributed by atoms with Crippen molar-refractivity contribution in [3.05, 3.63) is 53.1 Å². The molecule has 0 saturated carbocycles. The van der Waals surface area contributed by atoms with E-state index in [2.05, 4.69) is 27.7 Å². The second-order valence-electron chi connectivity index (χ2n) is 9.50. The molecule has 2 atom stereocenters. The molecule has 5 rings (SSSR count). The standard InChI is InChI=1S/C21H22F3N3.C4F6O2/c22-21(23,24)15-4-1-5-16(8-15)26-17-7-13-3-2-6-27-12-14-10-25-11-19(14)18(9-17)20(13)27;5-3(6,7)1(11)2(12)4(8,9)10/h1,4-5,7-9,14,19,25-26H,2-3,6,10-12H2;/t14-,19-;/m1./s1. The number of alkyl halides is 9. The second-order valence-corrected chi connectivity index (χ2v) is 9.50. The van der Waals surface area contributed by atoms with Crippen LogP contribution in [-0.2, 0) is 22.2 Å². The van der Waals surface area contributed by atoms with Gasteiger partial charge in [0.1, 0.15) is 0 Å². The van der Waals surface area contributed by atoms with Crippen LogP contribution in [0.25, 0.3) is 0 Å². The molecule has 14 heteroatoms. The number of fused-ring (bicyclic) bond motifs is 2. The molecule has 0 radical (unpaired) electrons. The van der Waals surface area contributed by atoms with Gasteiger partial charge < -0.3 is 15.5 Å². The summed E-state index contributed by atoms with van der Waals surface area (Å²) in [5.74, 6) is -5.70. The number of halogens is 9. The van der Waals surface area contributed by atoms with Gasteiger partial charge in [0, 0.05) is 49.2 Å². The Bertz CT molecular complexity index is 1230. The van der Waals surface area contributed by atoms with E-state index in [-0.39, 0.29) is 0 Å². The van der Waals surface area contributed by atoms with E-state index in [1.807, 2.05) is 0 Å². The van der Waals surface area contributed by atoms with Gasteiger partial charge >= 0.3 is 30.1 Å². The molecular weight excluding hydrogens is 545 g/mol. The van der Waals surface area contributed by atoms with Crippen molar-refractivity contribution in [2.24, 2.45) is 5.92 Å². The number of carbonyl (C=O) groups is 2. The number of ketones is 2. The van der Waals surface area contributed by atoms with Gasteiger partial charge in [-0.25, -0.2) is 0 Å². The summed E-state index contributed by atoms with van der Waals surface area (Å²) in [5, 5.41) is 6.73. The van der Waals surface area contributed by atoms with Crippen LogP contribution in [-0.4, -0.2) is 50.1 Å². The fourth-order valence-electron chi connectivity index (χ4n) is 5.17. The van der Waals surface area contributed by atoms with Crippen LogP contribution in [0.4, 0.5) is 56.6 Å². The molecule has 3 aliphatic heterocycles. The minimum Gasteiger partial charge on any atom is -0.371 e. The van der Waals surface area contributed by atoms with Gasteiger partial charge in [-0.1, -0.05) is 6.07 Å². The zero-order valence-corrected chi connectivity index (χ0v) is 20.0. The molecule has 0 bridgehead atoms. The average Bonchev–Trinajstić information content (AvgIpc) is 3.31. The van der Waals surface area contributed by atoms with Crippen molar-refractivity contribution in [3.63, 3.8) is 0 Å². The van der Waals surface area contributed by atoms with Gasteiger partial charge in [0.25, 0.3) is 0 Å². The molecule has 212 valence electrons. The lowest BCUT2D eigenvalue weighted by molar-refractivity contribution is -0.193. The molecule has 0 amide bonds. The zero-order valence-electron chi connectivity index (χ0n) is 20.0. The first-order chi connectivity index (χ1) is 18.1. The number of aryl methyl sites for hydroxylation is 1. The van der Waals surface area contributed by atoms with E-state index < -0.39 is 35.7 Å². The number of nitrogens with zero attached hydrogens (tertiary/aromatic N) is 1. The summed E-state index contributed by atoms with van der Waals surface area (Å²) in [4.78, 5) is 21.7. The Labute approximate surface area is 216 Å². The third-order valence-corrected chi connectivity index (χ3v) is 6.80. The summed E-state index contributed by atoms with van der Waals surface area (Å²) in [6, 6.07) is 9.69. The van der Waals surface area contributed by atoms with Crippen LogP contribution < -0.4 is 15.5 Å². The van der Waals surface area contributed by atoms with E-state index in [0.29, 0.717) is 17.5 Å². The quantitative estimate of drug-likeness (QED) is 0.365. The highest BCUT2D eigenvalue weighted by Gasteiger charge is 2.54. The van der Waals surface area contributed by atoms with E-state index in [1.165, 1.54) is 28.9 Å². The van der Waals surface area contributed by atoms with Crippen molar-refractivity contribution >= 4 is 28.6 Å². The summed E-state index contributed by atoms with van der Waals surface area (Å²) < 4.78 is 106. The molecule has 0 spiro atoms. The number of carbonyl (C=O) groups excluding carboxylic acids is 2. The normalized spacial score (nSPS) is 20.4. The Balaban J connectivity index is 0.000000251. The van der Waals surface area contributed by atoms with Gasteiger partial charge in [-0.05, 0) is 60.2 Å². The molecule has 3 heterocycles. The predicted octanol–water partition coefficient (Wildman–Crippen LogP) is 5.77. The minimum atomic E-state index is -5.77. The molecule has 2 aromatic rings. The van der Waals surface area contributed by atoms with E-state index in [9.17, 15) is 49.1 Å². The first kappa shape index (κ1) is 28.7. The van der Waals surface area contributed by atoms with Crippen LogP contribution in [0.1, 0.15) is 29.0 Å². The number of hydrogen-bond donors (Lipinski definition) is 2. The van der Waals surface area contributed by atoms with Crippen LogP contribution in [0.5, 0.6) is 0 Å². The number of anilines is 3. The smallest absolute Gasteiger partial charge is 0.371 e. The number of nitrogens with one attached hydrogen (secondary N) is 2. The summed E-state index contributed by atoms with van der Waals surface area (Å²) in [5.41, 5.74) is 4.78. The van der Waals surface area contributed by atoms with Gasteiger partial charge in [0.2, 0.25) is 0 Å². The van der Waals surface area contributed by atoms with Crippen LogP contribution in [0.3, 0.4) is 0 Å². The van der Waals surface area contributed by atoms with Crippen molar-refractivity contribution in [3.8, 4) is 0 Å². The first-order valence-electron chi connectivity index (χ1n) is 11.8. The number of rotatable bonds is 3. The van der Waals surface area contributed by atoms with Crippen molar-refractivity contribution in [1.29, 1.82) is 0 Å². The molecule has 39 heavy (non-hydrogen) atoms. The SMILES string of the molecule is FC(F)(F)c1cccc(Nc2cc3c4c(c2)[C@@H]2CNC[C@@H]2CN4CCC3)c1.O=C(C(=O)C(F)(F)F)C(F)(F)F. The molecule has 1 saturated heterocycles. The molecule has 0 aliphatic carbocycles. The summed E-state index contributed by atoms with van der Waals surface area (Å²) in [6.45, 7) is 4.24. The molecule has 5 nitrogen and oxygen atoms in total. The number of benzene rings is 2. The predicted molar refractivity (Wildman–Crippen MR) is 123 cm³/mol. The zero-order chi connectivity index (χ0) is 28.8. The maximum absolute atomic E-state index is 13.0. The van der Waals surface area contributed by atoms with Crippen LogP contribution in [0.2, 0.25) is 0 Å². The highest BCUT2D eigenvalue weighted by Crippen LogP contribution is 2.46. The highest BCUT2D eigenvalue weighted by molar-refractivity contribution is 6.41. The lowest BCUT2D eigenvalue weighted by Gasteiger charge is -2.42. The minimum absolute atomic E-state index is 0.474. The molecule has 3 aliphatic rings. The van der Waals surface area contributed by atoms with Crippen LogP contribution in [0, 0.1) is 5.92 Å². The van der Waals surface area contributed by atoms with Crippen molar-refractivity contribution < 1.29 is 49.1 Å². The Morgan fingerprint density at radius 1 is 0.872 bits per heavy atom. The summed E-state index contributed by atoms with van der Waals surface area (Å²) >= 11 is 0. The Morgan fingerprint density at radius 3 is 2.15 bits per heavy atom. The topological polar surface area (TPSA) is 61.4 Å². The van der Waals surface area contributed by atoms with E-state index in [4.69, 9.17) is 0 Å². The maximum atomic E-state index is 13.0. The first-order valence-corrected chi connectivity index (χ1v) is 11.8. The third kappa shape index (κ3) is 6.31. The van der Waals surface area contributed by atoms with Crippen molar-refractivity contribution in [2.45, 2.75) is 37.3 Å². The summed E-state index contributed by atoms with van der Waals surface area (Å²) in [6.07, 6.45) is -13.7. The maximum Gasteiger partial charge on any atom is 0.458 e. The highest BCUT2D eigenvalue weighted by atomic mass is 19.4. The largest absolute Gasteiger partial charge is 0.458 e. The lowest BCUT2D eigenvalue weighted by Crippen LogP contribution is -2.41. The molecular formula is C25H22F9N3O2. The van der Waals surface area contributed by atoms with Gasteiger partial charge in [0.15, 0.2) is 0 Å². The summed E-state index contributed by atoms with van der Waals surface area (Å²) in [7, 11) is 0. The van der Waals surface area contributed by atoms with Gasteiger partial charge in [0.05, 0.1) is 5.56 Å². The fraction of sp³-hybridized carbons (Fsp3) is 0.440. The van der Waals surface area contributed by atoms with Crippen molar-refractivity contribution in [2.75, 3.05) is 36.4 Å². The average molecular weight is 567 g/mol. The van der Waals surface area contributed by atoms with E-state index in [1.54, 1.807) is 6.07 Å². The molecule has 0 unspecified atom stereocenters. The third-order valence-electron chi connectivity index (χ3n) is 6.80. The van der Waals surface area contributed by atoms with Gasteiger partial charge in [-0.15, -0.1) is 0 Å². The molecule has 1 fully saturated rings. The van der Waals surface area contributed by atoms with Crippen molar-refractivity contribution in [1.82, 2.24) is 5.32 Å². The van der Waals surface area contributed by atoms with E-state index in [0.717, 1.165) is 50.8 Å². The molecule has 2 aromatic carbocycles. The number of hydrogen-bond acceptors (Lipinski definition) is 5. The number of Topliss-reactive ketones (excluding diaryl/α,β-unsaturated/α-hetero) is 2. The fourth-order valence-corrected chi connectivity index (χ4v) is 5.17. The molecule has 2 N–H and O–H groups in total. The second kappa shape index (κ2) is 10.4.